The van der Waals surface area contributed by atoms with E-state index >= 15 is 0 Å². The molecule has 0 bridgehead atoms. The highest BCUT2D eigenvalue weighted by Gasteiger charge is 1.94. The van der Waals surface area contributed by atoms with E-state index in [1.807, 2.05) is 0 Å². The van der Waals surface area contributed by atoms with Crippen molar-refractivity contribution in [2.24, 2.45) is 0 Å². The molecule has 0 aliphatic heterocycles. The molecule has 0 saturated carbocycles. The molecule has 3 nitrogen and oxygen atoms in total. The first kappa shape index (κ1) is 10.2. The molecule has 0 amide bonds. The number of hydrogen-bond acceptors (Lipinski definition) is 3. The van der Waals surface area contributed by atoms with Crippen LogP contribution in [0, 0.1) is 0 Å². The van der Waals surface area contributed by atoms with Gasteiger partial charge in [0.1, 0.15) is 0 Å². The van der Waals surface area contributed by atoms with Crippen molar-refractivity contribution in [1.29, 1.82) is 0 Å². The summed E-state index contributed by atoms with van der Waals surface area (Å²) in [6.45, 7) is 1.49. The Bertz CT molecular complexity index is 118. The van der Waals surface area contributed by atoms with Gasteiger partial charge < -0.3 is 6.15 Å². The molecule has 7 heavy (non-hydrogen) atoms. The van der Waals surface area contributed by atoms with E-state index in [0.29, 0.717) is 0 Å². The fourth-order valence-electron chi connectivity index (χ4n) is 0. The molecular weight excluding hydrogens is 138 g/mol. The van der Waals surface area contributed by atoms with Gasteiger partial charge in [-0.1, -0.05) is 6.92 Å². The third kappa shape index (κ3) is 10.7. The molecule has 5 heteroatoms. The number of halogens is 1. The molecule has 0 rings (SSSR count). The van der Waals surface area contributed by atoms with Crippen molar-refractivity contribution in [1.82, 2.24) is 6.15 Å². The van der Waals surface area contributed by atoms with E-state index in [1.54, 1.807) is 0 Å². The standard InChI is InChI=1S/C2H5ClO2S.H3N/c1-2-6(3,4)5;/h2H2,1H3;1H3. The lowest BCUT2D eigenvalue weighted by Crippen LogP contribution is -1.88. The Balaban J connectivity index is 0. The second-order valence-electron chi connectivity index (χ2n) is 0.828. The summed E-state index contributed by atoms with van der Waals surface area (Å²) < 4.78 is 19.5. The summed E-state index contributed by atoms with van der Waals surface area (Å²) in [6.07, 6.45) is 0. The van der Waals surface area contributed by atoms with Crippen molar-refractivity contribution in [3.63, 3.8) is 0 Å². The minimum atomic E-state index is -3.19. The SMILES string of the molecule is CCS(=O)(=O)Cl.N. The molecule has 0 saturated heterocycles. The second-order valence-corrected chi connectivity index (χ2v) is 3.89. The van der Waals surface area contributed by atoms with Crippen LogP contribution in [-0.4, -0.2) is 14.2 Å². The second kappa shape index (κ2) is 3.23. The molecule has 0 radical (unpaired) electrons. The zero-order valence-electron chi connectivity index (χ0n) is 4.02. The first-order valence-electron chi connectivity index (χ1n) is 1.48. The van der Waals surface area contributed by atoms with Gasteiger partial charge in [0.15, 0.2) is 0 Å². The highest BCUT2D eigenvalue weighted by atomic mass is 35.7. The molecule has 0 atom stereocenters. The van der Waals surface area contributed by atoms with Crippen LogP contribution in [0.3, 0.4) is 0 Å². The van der Waals surface area contributed by atoms with E-state index in [1.165, 1.54) is 6.92 Å². The van der Waals surface area contributed by atoms with Gasteiger partial charge in [0.2, 0.25) is 9.05 Å². The molecule has 0 unspecified atom stereocenters. The van der Waals surface area contributed by atoms with Crippen molar-refractivity contribution < 1.29 is 8.42 Å². The monoisotopic (exact) mass is 145 g/mol. The first-order chi connectivity index (χ1) is 2.56. The van der Waals surface area contributed by atoms with Crippen LogP contribution in [0.2, 0.25) is 0 Å². The largest absolute Gasteiger partial charge is 0.344 e. The fraction of sp³-hybridized carbons (Fsp3) is 1.00. The van der Waals surface area contributed by atoms with Gasteiger partial charge in [-0.15, -0.1) is 0 Å². The molecule has 0 aromatic carbocycles. The quantitative estimate of drug-likeness (QED) is 0.554. The minimum absolute atomic E-state index is 0. The van der Waals surface area contributed by atoms with E-state index in [2.05, 4.69) is 10.7 Å². The fourth-order valence-corrected chi connectivity index (χ4v) is 0. The molecule has 0 aliphatic carbocycles. The predicted octanol–water partition coefficient (Wildman–Crippen LogP) is 0.737. The van der Waals surface area contributed by atoms with Crippen LogP contribution in [0.1, 0.15) is 6.92 Å². The minimum Gasteiger partial charge on any atom is -0.344 e. The molecule has 0 aromatic heterocycles. The summed E-state index contributed by atoms with van der Waals surface area (Å²) in [5, 5.41) is 0. The van der Waals surface area contributed by atoms with Gasteiger partial charge in [-0.05, 0) is 0 Å². The molecule has 46 valence electrons. The van der Waals surface area contributed by atoms with Crippen LogP contribution in [0.25, 0.3) is 0 Å². The third-order valence-electron chi connectivity index (χ3n) is 0.345. The average molecular weight is 146 g/mol. The first-order valence-corrected chi connectivity index (χ1v) is 3.96. The van der Waals surface area contributed by atoms with Gasteiger partial charge in [-0.25, -0.2) is 8.42 Å². The van der Waals surface area contributed by atoms with Crippen molar-refractivity contribution in [2.45, 2.75) is 6.92 Å². The van der Waals surface area contributed by atoms with Crippen LogP contribution >= 0.6 is 10.7 Å². The van der Waals surface area contributed by atoms with E-state index in [-0.39, 0.29) is 11.9 Å². The van der Waals surface area contributed by atoms with Gasteiger partial charge in [0.05, 0.1) is 5.75 Å². The smallest absolute Gasteiger partial charge is 0.232 e. The Labute approximate surface area is 47.7 Å². The maximum absolute atomic E-state index is 9.77. The number of rotatable bonds is 1. The molecule has 0 fully saturated rings. The molecule has 0 aromatic rings. The van der Waals surface area contributed by atoms with E-state index in [0.717, 1.165) is 0 Å². The molecular formula is C2H8ClNO2S. The summed E-state index contributed by atoms with van der Waals surface area (Å²) in [5.74, 6) is 0.00849. The topological polar surface area (TPSA) is 69.1 Å². The van der Waals surface area contributed by atoms with Crippen molar-refractivity contribution in [3.05, 3.63) is 0 Å². The summed E-state index contributed by atoms with van der Waals surface area (Å²) in [5.41, 5.74) is 0. The highest BCUT2D eigenvalue weighted by Crippen LogP contribution is 1.91. The maximum Gasteiger partial charge on any atom is 0.232 e. The molecule has 0 spiro atoms. The van der Waals surface area contributed by atoms with Gasteiger partial charge in [-0.3, -0.25) is 0 Å². The summed E-state index contributed by atoms with van der Waals surface area (Å²) in [4.78, 5) is 0. The predicted molar refractivity (Wildman–Crippen MR) is 30.3 cm³/mol. The van der Waals surface area contributed by atoms with Crippen molar-refractivity contribution >= 4 is 19.7 Å². The summed E-state index contributed by atoms with van der Waals surface area (Å²) in [7, 11) is 1.50. The Hall–Kier alpha value is 0.200. The summed E-state index contributed by atoms with van der Waals surface area (Å²) >= 11 is 0. The maximum atomic E-state index is 9.77. The number of hydrogen-bond donors (Lipinski definition) is 1. The highest BCUT2D eigenvalue weighted by molar-refractivity contribution is 8.13. The van der Waals surface area contributed by atoms with Crippen LogP contribution in [0.4, 0.5) is 0 Å². The lowest BCUT2D eigenvalue weighted by Gasteiger charge is -1.77. The Morgan fingerprint density at radius 3 is 1.71 bits per heavy atom. The lowest BCUT2D eigenvalue weighted by molar-refractivity contribution is 0.610. The Kier molecular flexibility index (Phi) is 4.73. The van der Waals surface area contributed by atoms with Crippen LogP contribution < -0.4 is 6.15 Å². The van der Waals surface area contributed by atoms with E-state index in [4.69, 9.17) is 0 Å². The van der Waals surface area contributed by atoms with Crippen molar-refractivity contribution in [2.75, 3.05) is 5.75 Å². The lowest BCUT2D eigenvalue weighted by atomic mass is 11.0. The Morgan fingerprint density at radius 2 is 1.71 bits per heavy atom. The third-order valence-corrected chi connectivity index (χ3v) is 1.69. The molecule has 0 heterocycles. The van der Waals surface area contributed by atoms with Gasteiger partial charge in [0, 0.05) is 10.7 Å². The zero-order valence-corrected chi connectivity index (χ0v) is 5.59. The van der Waals surface area contributed by atoms with Crippen molar-refractivity contribution in [3.8, 4) is 0 Å². The summed E-state index contributed by atoms with van der Waals surface area (Å²) in [6, 6.07) is 0. The van der Waals surface area contributed by atoms with E-state index in [9.17, 15) is 8.42 Å². The van der Waals surface area contributed by atoms with Gasteiger partial charge in [-0.2, -0.15) is 0 Å². The average Bonchev–Trinajstić information content (AvgIpc) is 1.35. The van der Waals surface area contributed by atoms with Gasteiger partial charge in [0.25, 0.3) is 0 Å². The van der Waals surface area contributed by atoms with Crippen LogP contribution in [0.15, 0.2) is 0 Å². The van der Waals surface area contributed by atoms with Crippen LogP contribution in [-0.2, 0) is 9.05 Å². The molecule has 3 N–H and O–H groups in total. The van der Waals surface area contributed by atoms with E-state index < -0.39 is 9.05 Å². The normalized spacial score (nSPS) is 10.0. The van der Waals surface area contributed by atoms with Crippen LogP contribution in [0.5, 0.6) is 0 Å². The Morgan fingerprint density at radius 1 is 1.57 bits per heavy atom. The zero-order chi connectivity index (χ0) is 5.21. The molecule has 0 aliphatic rings. The van der Waals surface area contributed by atoms with Gasteiger partial charge >= 0.3 is 0 Å².